The van der Waals surface area contributed by atoms with E-state index in [1.54, 1.807) is 12.3 Å². The number of aliphatic hydroxyl groups excluding tert-OH is 1. The number of imidazole rings is 1. The summed E-state index contributed by atoms with van der Waals surface area (Å²) in [6.45, 7) is 9.67. The summed E-state index contributed by atoms with van der Waals surface area (Å²) < 4.78 is 1.84. The highest BCUT2D eigenvalue weighted by atomic mass is 16.3. The maximum Gasteiger partial charge on any atom is 0.246 e. The van der Waals surface area contributed by atoms with Crippen molar-refractivity contribution in [3.63, 3.8) is 0 Å². The third-order valence-electron chi connectivity index (χ3n) is 4.86. The lowest BCUT2D eigenvalue weighted by molar-refractivity contribution is -0.128. The van der Waals surface area contributed by atoms with E-state index in [0.717, 1.165) is 25.0 Å². The monoisotopic (exact) mass is 319 g/mol. The Kier molecular flexibility index (Phi) is 5.30. The first kappa shape index (κ1) is 17.7. The topological polar surface area (TPSA) is 58.4 Å². The van der Waals surface area contributed by atoms with Crippen LogP contribution in [0.3, 0.4) is 0 Å². The van der Waals surface area contributed by atoms with Crippen LogP contribution in [-0.2, 0) is 11.8 Å². The number of aromatic nitrogens is 2. The van der Waals surface area contributed by atoms with Gasteiger partial charge in [-0.25, -0.2) is 4.98 Å². The lowest BCUT2D eigenvalue weighted by atomic mass is 9.87. The molecule has 1 N–H and O–H groups in total. The van der Waals surface area contributed by atoms with Crippen molar-refractivity contribution in [2.24, 2.45) is 18.4 Å². The molecule has 0 aromatic carbocycles. The van der Waals surface area contributed by atoms with E-state index >= 15 is 0 Å². The van der Waals surface area contributed by atoms with Crippen molar-refractivity contribution in [1.82, 2.24) is 14.5 Å². The Balaban J connectivity index is 2.06. The summed E-state index contributed by atoms with van der Waals surface area (Å²) in [5, 5.41) is 10.6. The smallest absolute Gasteiger partial charge is 0.246 e. The van der Waals surface area contributed by atoms with Gasteiger partial charge in [0.1, 0.15) is 11.9 Å². The summed E-state index contributed by atoms with van der Waals surface area (Å²) in [4.78, 5) is 18.6. The van der Waals surface area contributed by atoms with E-state index < -0.39 is 6.10 Å². The number of piperidine rings is 1. The van der Waals surface area contributed by atoms with Crippen LogP contribution in [0.15, 0.2) is 24.0 Å². The largest absolute Gasteiger partial charge is 0.385 e. The number of rotatable bonds is 3. The van der Waals surface area contributed by atoms with Gasteiger partial charge in [-0.3, -0.25) is 4.79 Å². The van der Waals surface area contributed by atoms with Crippen LogP contribution < -0.4 is 0 Å². The van der Waals surface area contributed by atoms with Crippen LogP contribution in [0.5, 0.6) is 0 Å². The Morgan fingerprint density at radius 3 is 2.74 bits per heavy atom. The molecule has 1 aliphatic heterocycles. The van der Waals surface area contributed by atoms with Gasteiger partial charge in [0.05, 0.1) is 0 Å². The maximum absolute atomic E-state index is 12.5. The van der Waals surface area contributed by atoms with Gasteiger partial charge in [0.2, 0.25) is 5.91 Å². The van der Waals surface area contributed by atoms with Crippen LogP contribution >= 0.6 is 0 Å². The summed E-state index contributed by atoms with van der Waals surface area (Å²) in [7, 11) is 1.88. The average Bonchev–Trinajstić information content (AvgIpc) is 2.91. The second kappa shape index (κ2) is 6.87. The fraction of sp³-hybridized carbons (Fsp3) is 0.667. The first-order valence-corrected chi connectivity index (χ1v) is 8.33. The van der Waals surface area contributed by atoms with Gasteiger partial charge in [0.15, 0.2) is 0 Å². The van der Waals surface area contributed by atoms with Gasteiger partial charge in [-0.1, -0.05) is 26.3 Å². The number of carbonyl (C=O) groups is 1. The van der Waals surface area contributed by atoms with Crippen LogP contribution in [0, 0.1) is 11.3 Å². The molecule has 0 saturated carbocycles. The summed E-state index contributed by atoms with van der Waals surface area (Å²) in [5.41, 5.74) is 1.08. The van der Waals surface area contributed by atoms with Gasteiger partial charge in [-0.2, -0.15) is 0 Å². The Labute approximate surface area is 139 Å². The minimum absolute atomic E-state index is 0.00266. The summed E-state index contributed by atoms with van der Waals surface area (Å²) in [5.74, 6) is 0.761. The molecule has 23 heavy (non-hydrogen) atoms. The molecule has 1 aromatic heterocycles. The molecule has 0 bridgehead atoms. The molecule has 5 nitrogen and oxygen atoms in total. The van der Waals surface area contributed by atoms with Crippen LogP contribution in [0.4, 0.5) is 0 Å². The zero-order chi connectivity index (χ0) is 17.2. The Bertz CT molecular complexity index is 583. The molecule has 2 heterocycles. The highest BCUT2D eigenvalue weighted by Gasteiger charge is 2.30. The van der Waals surface area contributed by atoms with E-state index in [0.29, 0.717) is 12.4 Å². The zero-order valence-electron chi connectivity index (χ0n) is 14.9. The SMILES string of the molecule is C/C(=C/C(=O)N1CCCC(C(O)c2nccn2C)C1)C(C)(C)C. The van der Waals surface area contributed by atoms with Crippen LogP contribution in [-0.4, -0.2) is 38.6 Å². The van der Waals surface area contributed by atoms with Gasteiger partial charge < -0.3 is 14.6 Å². The van der Waals surface area contributed by atoms with Gasteiger partial charge in [-0.15, -0.1) is 0 Å². The number of aryl methyl sites for hydroxylation is 1. The average molecular weight is 319 g/mol. The minimum atomic E-state index is -0.627. The molecule has 1 amide bonds. The summed E-state index contributed by atoms with van der Waals surface area (Å²) >= 11 is 0. The summed E-state index contributed by atoms with van der Waals surface area (Å²) in [6, 6.07) is 0. The molecule has 1 saturated heterocycles. The number of carbonyl (C=O) groups excluding carboxylic acids is 1. The number of amides is 1. The number of hydrogen-bond donors (Lipinski definition) is 1. The first-order valence-electron chi connectivity index (χ1n) is 8.33. The third-order valence-corrected chi connectivity index (χ3v) is 4.86. The fourth-order valence-electron chi connectivity index (χ4n) is 2.83. The molecular weight excluding hydrogens is 290 g/mol. The first-order chi connectivity index (χ1) is 10.7. The molecule has 1 aliphatic rings. The van der Waals surface area contributed by atoms with Crippen LogP contribution in [0.1, 0.15) is 52.5 Å². The van der Waals surface area contributed by atoms with Crippen molar-refractivity contribution in [2.75, 3.05) is 13.1 Å². The summed E-state index contributed by atoms with van der Waals surface area (Å²) in [6.07, 6.45) is 6.48. The Hall–Kier alpha value is -1.62. The van der Waals surface area contributed by atoms with Crippen molar-refractivity contribution in [2.45, 2.75) is 46.6 Å². The number of allylic oxidation sites excluding steroid dienone is 1. The van der Waals surface area contributed by atoms with E-state index in [1.165, 1.54) is 0 Å². The van der Waals surface area contributed by atoms with Crippen molar-refractivity contribution in [3.8, 4) is 0 Å². The molecule has 0 aliphatic carbocycles. The second-order valence-corrected chi connectivity index (χ2v) is 7.61. The zero-order valence-corrected chi connectivity index (χ0v) is 14.9. The van der Waals surface area contributed by atoms with Crippen molar-refractivity contribution < 1.29 is 9.90 Å². The molecule has 128 valence electrons. The molecule has 5 heteroatoms. The van der Waals surface area contributed by atoms with E-state index in [1.807, 2.05) is 29.6 Å². The lowest BCUT2D eigenvalue weighted by Gasteiger charge is -2.34. The number of nitrogens with zero attached hydrogens (tertiary/aromatic N) is 3. The van der Waals surface area contributed by atoms with E-state index in [-0.39, 0.29) is 17.2 Å². The second-order valence-electron chi connectivity index (χ2n) is 7.61. The molecule has 2 unspecified atom stereocenters. The predicted molar refractivity (Wildman–Crippen MR) is 90.7 cm³/mol. The number of likely N-dealkylation sites (tertiary alicyclic amines) is 1. The molecule has 1 fully saturated rings. The highest BCUT2D eigenvalue weighted by Crippen LogP contribution is 2.29. The fourth-order valence-corrected chi connectivity index (χ4v) is 2.83. The maximum atomic E-state index is 12.5. The van der Waals surface area contributed by atoms with E-state index in [9.17, 15) is 9.90 Å². The van der Waals surface area contributed by atoms with E-state index in [2.05, 4.69) is 25.8 Å². The van der Waals surface area contributed by atoms with Crippen LogP contribution in [0.25, 0.3) is 0 Å². The molecule has 2 atom stereocenters. The standard InChI is InChI=1S/C18H29N3O2/c1-13(18(2,3)4)11-15(22)21-9-6-7-14(12-21)16(23)17-19-8-10-20(17)5/h8,10-11,14,16,23H,6-7,9,12H2,1-5H3/b13-11-. The molecule has 0 spiro atoms. The van der Waals surface area contributed by atoms with Crippen molar-refractivity contribution >= 4 is 5.91 Å². The van der Waals surface area contributed by atoms with Crippen LogP contribution in [0.2, 0.25) is 0 Å². The Morgan fingerprint density at radius 1 is 1.48 bits per heavy atom. The molecule has 1 aromatic rings. The lowest BCUT2D eigenvalue weighted by Crippen LogP contribution is -2.41. The van der Waals surface area contributed by atoms with Crippen molar-refractivity contribution in [1.29, 1.82) is 0 Å². The highest BCUT2D eigenvalue weighted by molar-refractivity contribution is 5.88. The molecule has 0 radical (unpaired) electrons. The molecule has 2 rings (SSSR count). The molecular formula is C18H29N3O2. The van der Waals surface area contributed by atoms with Gasteiger partial charge >= 0.3 is 0 Å². The number of hydrogen-bond acceptors (Lipinski definition) is 3. The predicted octanol–water partition coefficient (Wildman–Crippen LogP) is 2.68. The van der Waals surface area contributed by atoms with E-state index in [4.69, 9.17) is 0 Å². The minimum Gasteiger partial charge on any atom is -0.385 e. The van der Waals surface area contributed by atoms with Crippen molar-refractivity contribution in [3.05, 3.63) is 29.9 Å². The quantitative estimate of drug-likeness (QED) is 0.872. The number of aliphatic hydroxyl groups is 1. The normalized spacial score (nSPS) is 21.4. The van der Waals surface area contributed by atoms with Gasteiger partial charge in [0, 0.05) is 44.5 Å². The third kappa shape index (κ3) is 4.22. The van der Waals surface area contributed by atoms with Gasteiger partial charge in [-0.05, 0) is 25.2 Å². The van der Waals surface area contributed by atoms with Gasteiger partial charge in [0.25, 0.3) is 0 Å². The Morgan fingerprint density at radius 2 is 2.17 bits per heavy atom.